The molecule has 0 aromatic carbocycles. The fraction of sp³-hybridized carbons (Fsp3) is 0.385. The molecule has 1 saturated heterocycles. The first-order valence-corrected chi connectivity index (χ1v) is 6.33. The first kappa shape index (κ1) is 12.0. The van der Waals surface area contributed by atoms with Crippen molar-refractivity contribution in [2.24, 2.45) is 0 Å². The van der Waals surface area contributed by atoms with E-state index in [9.17, 15) is 15.0 Å². The number of rotatable bonds is 3. The predicted octanol–water partition coefficient (Wildman–Crippen LogP) is 1.03. The van der Waals surface area contributed by atoms with E-state index in [2.05, 4.69) is 10.3 Å². The highest BCUT2D eigenvalue weighted by molar-refractivity contribution is 5.93. The van der Waals surface area contributed by atoms with Crippen molar-refractivity contribution >= 4 is 11.5 Å². The molecule has 1 aliphatic heterocycles. The molecular formula is C13H15N3O3. The highest BCUT2D eigenvalue weighted by atomic mass is 16.4. The lowest BCUT2D eigenvalue weighted by molar-refractivity contribution is 0.0693. The molecule has 6 nitrogen and oxygen atoms in total. The summed E-state index contributed by atoms with van der Waals surface area (Å²) in [7, 11) is 0. The van der Waals surface area contributed by atoms with Gasteiger partial charge in [0.15, 0.2) is 11.6 Å². The van der Waals surface area contributed by atoms with Crippen LogP contribution in [0.1, 0.15) is 29.2 Å². The smallest absolute Gasteiger partial charge is 0.356 e. The van der Waals surface area contributed by atoms with E-state index in [1.165, 1.54) is 10.5 Å². The quantitative estimate of drug-likeness (QED) is 0.768. The number of aromatic hydroxyl groups is 1. The minimum absolute atomic E-state index is 0.0103. The summed E-state index contributed by atoms with van der Waals surface area (Å²) in [4.78, 5) is 15.4. The van der Waals surface area contributed by atoms with Crippen LogP contribution in [0.5, 0.6) is 5.88 Å². The Bertz CT molecular complexity index is 629. The van der Waals surface area contributed by atoms with Crippen molar-refractivity contribution in [1.29, 1.82) is 0 Å². The molecule has 1 aliphatic rings. The minimum atomic E-state index is -1.08. The first-order valence-electron chi connectivity index (χ1n) is 6.33. The van der Waals surface area contributed by atoms with Gasteiger partial charge < -0.3 is 15.5 Å². The van der Waals surface area contributed by atoms with Gasteiger partial charge in [-0.25, -0.2) is 9.78 Å². The maximum atomic E-state index is 11.2. The van der Waals surface area contributed by atoms with Gasteiger partial charge in [0.2, 0.25) is 0 Å². The number of hydrogen-bond acceptors (Lipinski definition) is 4. The second kappa shape index (κ2) is 4.55. The second-order valence-corrected chi connectivity index (χ2v) is 4.78. The standard InChI is InChI=1S/C13H15N3O3/c17-11-5-1-4-9-12(13(18)19)15-10(16(9)11)7-8-3-2-6-14-8/h1,4-5,8,14,17H,2-3,6-7H2,(H,18,19). The molecule has 100 valence electrons. The van der Waals surface area contributed by atoms with Crippen molar-refractivity contribution in [3.8, 4) is 5.88 Å². The van der Waals surface area contributed by atoms with Gasteiger partial charge in [-0.05, 0) is 31.5 Å². The Kier molecular flexibility index (Phi) is 2.87. The summed E-state index contributed by atoms with van der Waals surface area (Å²) in [6.07, 6.45) is 2.78. The van der Waals surface area contributed by atoms with Gasteiger partial charge in [-0.1, -0.05) is 6.07 Å². The molecule has 0 bridgehead atoms. The Morgan fingerprint density at radius 3 is 3.05 bits per heavy atom. The molecule has 1 atom stereocenters. The fourth-order valence-electron chi connectivity index (χ4n) is 2.64. The van der Waals surface area contributed by atoms with Crippen LogP contribution in [-0.4, -0.2) is 38.2 Å². The van der Waals surface area contributed by atoms with Gasteiger partial charge in [0.25, 0.3) is 0 Å². The van der Waals surface area contributed by atoms with Gasteiger partial charge in [-0.15, -0.1) is 0 Å². The van der Waals surface area contributed by atoms with Crippen LogP contribution in [0.25, 0.3) is 5.52 Å². The van der Waals surface area contributed by atoms with Crippen LogP contribution >= 0.6 is 0 Å². The van der Waals surface area contributed by atoms with Crippen molar-refractivity contribution in [3.05, 3.63) is 29.7 Å². The van der Waals surface area contributed by atoms with Crippen molar-refractivity contribution in [2.45, 2.75) is 25.3 Å². The molecule has 0 amide bonds. The highest BCUT2D eigenvalue weighted by Gasteiger charge is 2.22. The summed E-state index contributed by atoms with van der Waals surface area (Å²) < 4.78 is 1.52. The van der Waals surface area contributed by atoms with Gasteiger partial charge in [-0.3, -0.25) is 4.40 Å². The molecule has 3 N–H and O–H groups in total. The molecule has 1 unspecified atom stereocenters. The Balaban J connectivity index is 2.09. The summed E-state index contributed by atoms with van der Waals surface area (Å²) in [5, 5.41) is 22.5. The molecular weight excluding hydrogens is 246 g/mol. The van der Waals surface area contributed by atoms with Crippen LogP contribution in [0.15, 0.2) is 18.2 Å². The number of nitrogens with one attached hydrogen (secondary N) is 1. The van der Waals surface area contributed by atoms with E-state index in [1.54, 1.807) is 12.1 Å². The lowest BCUT2D eigenvalue weighted by atomic mass is 10.1. The van der Waals surface area contributed by atoms with Crippen molar-refractivity contribution in [2.75, 3.05) is 6.54 Å². The van der Waals surface area contributed by atoms with Gasteiger partial charge in [0.1, 0.15) is 5.82 Å². The Hall–Kier alpha value is -2.08. The molecule has 0 aliphatic carbocycles. The van der Waals surface area contributed by atoms with Gasteiger partial charge >= 0.3 is 5.97 Å². The molecule has 1 fully saturated rings. The van der Waals surface area contributed by atoms with Crippen molar-refractivity contribution < 1.29 is 15.0 Å². The van der Waals surface area contributed by atoms with E-state index < -0.39 is 5.97 Å². The summed E-state index contributed by atoms with van der Waals surface area (Å²) in [5.41, 5.74) is 0.421. The fourth-order valence-corrected chi connectivity index (χ4v) is 2.64. The van der Waals surface area contributed by atoms with E-state index >= 15 is 0 Å². The first-order chi connectivity index (χ1) is 9.16. The number of hydrogen-bond donors (Lipinski definition) is 3. The predicted molar refractivity (Wildman–Crippen MR) is 68.5 cm³/mol. The molecule has 0 spiro atoms. The molecule has 3 heterocycles. The number of carboxylic acid groups (broad SMARTS) is 1. The summed E-state index contributed by atoms with van der Waals surface area (Å²) in [5.74, 6) is -0.468. The zero-order valence-corrected chi connectivity index (χ0v) is 10.3. The van der Waals surface area contributed by atoms with Gasteiger partial charge in [0, 0.05) is 12.5 Å². The average molecular weight is 261 g/mol. The third-order valence-electron chi connectivity index (χ3n) is 3.50. The number of carboxylic acids is 1. The van der Waals surface area contributed by atoms with Crippen LogP contribution in [0.4, 0.5) is 0 Å². The molecule has 2 aromatic heterocycles. The normalized spacial score (nSPS) is 19.1. The third kappa shape index (κ3) is 2.04. The number of aromatic nitrogens is 2. The maximum absolute atomic E-state index is 11.2. The van der Waals surface area contributed by atoms with E-state index in [1.807, 2.05) is 0 Å². The SMILES string of the molecule is O=C(O)c1nc(CC2CCCN2)n2c(O)cccc12. The van der Waals surface area contributed by atoms with Crippen molar-refractivity contribution in [1.82, 2.24) is 14.7 Å². The zero-order valence-electron chi connectivity index (χ0n) is 10.3. The molecule has 0 radical (unpaired) electrons. The Labute approximate surface area is 109 Å². The number of carbonyl (C=O) groups is 1. The van der Waals surface area contributed by atoms with E-state index in [0.29, 0.717) is 23.8 Å². The number of fused-ring (bicyclic) bond motifs is 1. The van der Waals surface area contributed by atoms with E-state index in [-0.39, 0.29) is 11.6 Å². The van der Waals surface area contributed by atoms with Crippen molar-refractivity contribution in [3.63, 3.8) is 0 Å². The molecule has 2 aromatic rings. The summed E-state index contributed by atoms with van der Waals surface area (Å²) in [6, 6.07) is 5.11. The van der Waals surface area contributed by atoms with Crippen LogP contribution in [-0.2, 0) is 6.42 Å². The lowest BCUT2D eigenvalue weighted by Crippen LogP contribution is -2.24. The third-order valence-corrected chi connectivity index (χ3v) is 3.50. The molecule has 0 saturated carbocycles. The van der Waals surface area contributed by atoms with Crippen LogP contribution in [0, 0.1) is 0 Å². The number of aromatic carboxylic acids is 1. The van der Waals surface area contributed by atoms with Gasteiger partial charge in [-0.2, -0.15) is 0 Å². The van der Waals surface area contributed by atoms with E-state index in [4.69, 9.17) is 0 Å². The van der Waals surface area contributed by atoms with Crippen LogP contribution in [0.3, 0.4) is 0 Å². The highest BCUT2D eigenvalue weighted by Crippen LogP contribution is 2.22. The Morgan fingerprint density at radius 1 is 1.53 bits per heavy atom. The number of imidazole rings is 1. The average Bonchev–Trinajstić information content (AvgIpc) is 2.98. The number of nitrogens with zero attached hydrogens (tertiary/aromatic N) is 2. The number of pyridine rings is 1. The zero-order chi connectivity index (χ0) is 13.4. The second-order valence-electron chi connectivity index (χ2n) is 4.78. The molecule has 3 rings (SSSR count). The maximum Gasteiger partial charge on any atom is 0.356 e. The molecule has 19 heavy (non-hydrogen) atoms. The monoisotopic (exact) mass is 261 g/mol. The summed E-state index contributed by atoms with van der Waals surface area (Å²) in [6.45, 7) is 0.978. The van der Waals surface area contributed by atoms with E-state index in [0.717, 1.165) is 19.4 Å². The minimum Gasteiger partial charge on any atom is -0.494 e. The van der Waals surface area contributed by atoms with Gasteiger partial charge in [0.05, 0.1) is 5.52 Å². The van der Waals surface area contributed by atoms with Crippen LogP contribution < -0.4 is 5.32 Å². The largest absolute Gasteiger partial charge is 0.494 e. The summed E-state index contributed by atoms with van der Waals surface area (Å²) >= 11 is 0. The lowest BCUT2D eigenvalue weighted by Gasteiger charge is -2.09. The molecule has 6 heteroatoms. The van der Waals surface area contributed by atoms with Crippen LogP contribution in [0.2, 0.25) is 0 Å². The Morgan fingerprint density at radius 2 is 2.37 bits per heavy atom. The topological polar surface area (TPSA) is 86.9 Å².